The Labute approximate surface area is 165 Å². The van der Waals surface area contributed by atoms with Crippen molar-refractivity contribution in [2.75, 3.05) is 0 Å². The molecule has 0 saturated carbocycles. The number of esters is 1. The molecule has 0 aliphatic heterocycles. The molecule has 0 bridgehead atoms. The highest BCUT2D eigenvalue weighted by Crippen LogP contribution is 2.39. The predicted octanol–water partition coefficient (Wildman–Crippen LogP) is 5.40. The maximum Gasteiger partial charge on any atom is 0.326 e. The number of carbonyl (C=O) groups excluding carboxylic acids is 1. The summed E-state index contributed by atoms with van der Waals surface area (Å²) in [5.41, 5.74) is 1.32. The molecule has 0 unspecified atom stereocenters. The Morgan fingerprint density at radius 2 is 1.88 bits per heavy atom. The van der Waals surface area contributed by atoms with Gasteiger partial charge in [-0.2, -0.15) is 0 Å². The summed E-state index contributed by atoms with van der Waals surface area (Å²) in [6.07, 6.45) is 3.10. The molecule has 0 saturated heterocycles. The monoisotopic (exact) mass is 411 g/mol. The molecule has 0 N–H and O–H groups in total. The van der Waals surface area contributed by atoms with E-state index in [1.54, 1.807) is 22.9 Å². The highest BCUT2D eigenvalue weighted by Gasteiger charge is 2.21. The Hall–Kier alpha value is -1.82. The predicted molar refractivity (Wildman–Crippen MR) is 104 cm³/mol. The first-order chi connectivity index (χ1) is 12.2. The lowest BCUT2D eigenvalue weighted by molar-refractivity contribution is -0.155. The van der Waals surface area contributed by atoms with Crippen LogP contribution in [0.25, 0.3) is 22.2 Å². The number of benzene rings is 1. The first-order valence-electron chi connectivity index (χ1n) is 7.83. The quantitative estimate of drug-likeness (QED) is 0.427. The Balaban J connectivity index is 2.14. The molecular weight excluding hydrogens is 397 g/mol. The van der Waals surface area contributed by atoms with Crippen LogP contribution >= 0.6 is 34.8 Å². The number of halogens is 3. The zero-order chi connectivity index (χ0) is 19.1. The third-order valence-corrected chi connectivity index (χ3v) is 4.67. The van der Waals surface area contributed by atoms with Crippen LogP contribution in [0.3, 0.4) is 0 Å². The van der Waals surface area contributed by atoms with Gasteiger partial charge in [0.2, 0.25) is 0 Å². The van der Waals surface area contributed by atoms with E-state index >= 15 is 0 Å². The number of hydrogen-bond acceptors (Lipinski definition) is 4. The van der Waals surface area contributed by atoms with Crippen molar-refractivity contribution in [3.63, 3.8) is 0 Å². The second-order valence-electron chi connectivity index (χ2n) is 6.72. The molecule has 0 aliphatic rings. The molecule has 0 amide bonds. The van der Waals surface area contributed by atoms with Crippen LogP contribution in [0.1, 0.15) is 20.8 Å². The largest absolute Gasteiger partial charge is 0.459 e. The molecule has 136 valence electrons. The average Bonchev–Trinajstić information content (AvgIpc) is 2.88. The number of rotatable bonds is 3. The number of nitrogens with zero attached hydrogens (tertiary/aromatic N) is 3. The van der Waals surface area contributed by atoms with Crippen LogP contribution < -0.4 is 0 Å². The van der Waals surface area contributed by atoms with Gasteiger partial charge in [0.25, 0.3) is 0 Å². The van der Waals surface area contributed by atoms with Gasteiger partial charge in [0.1, 0.15) is 29.3 Å². The van der Waals surface area contributed by atoms with Crippen LogP contribution in [-0.4, -0.2) is 26.1 Å². The van der Waals surface area contributed by atoms with Crippen molar-refractivity contribution in [3.05, 3.63) is 45.9 Å². The molecule has 2 aromatic heterocycles. The summed E-state index contributed by atoms with van der Waals surface area (Å²) in [6, 6.07) is 5.31. The SMILES string of the molecule is CC(C)(C)OC(=O)Cn1cc(-c2cccc(Cl)c2Cl)c2c(Cl)ncnc21. The van der Waals surface area contributed by atoms with Gasteiger partial charge in [-0.25, -0.2) is 9.97 Å². The van der Waals surface area contributed by atoms with Crippen molar-refractivity contribution in [3.8, 4) is 11.1 Å². The maximum atomic E-state index is 12.3. The molecule has 5 nitrogen and oxygen atoms in total. The second kappa shape index (κ2) is 7.06. The van der Waals surface area contributed by atoms with Crippen LogP contribution in [0.15, 0.2) is 30.7 Å². The van der Waals surface area contributed by atoms with Crippen molar-refractivity contribution in [2.45, 2.75) is 32.9 Å². The summed E-state index contributed by atoms with van der Waals surface area (Å²) >= 11 is 18.8. The molecule has 0 radical (unpaired) electrons. The van der Waals surface area contributed by atoms with Gasteiger partial charge >= 0.3 is 5.97 Å². The Morgan fingerprint density at radius 3 is 2.58 bits per heavy atom. The molecule has 3 rings (SSSR count). The lowest BCUT2D eigenvalue weighted by Crippen LogP contribution is -2.26. The molecule has 8 heteroatoms. The normalized spacial score (nSPS) is 11.8. The van der Waals surface area contributed by atoms with Gasteiger partial charge in [0.05, 0.1) is 15.4 Å². The highest BCUT2D eigenvalue weighted by molar-refractivity contribution is 6.44. The fraction of sp³-hybridized carbons (Fsp3) is 0.278. The fourth-order valence-corrected chi connectivity index (χ4v) is 3.27. The van der Waals surface area contributed by atoms with Crippen LogP contribution in [0.5, 0.6) is 0 Å². The summed E-state index contributed by atoms with van der Waals surface area (Å²) < 4.78 is 7.07. The van der Waals surface area contributed by atoms with Crippen LogP contribution in [0.2, 0.25) is 15.2 Å². The summed E-state index contributed by atoms with van der Waals surface area (Å²) in [5, 5.41) is 1.68. The molecule has 0 atom stereocenters. The van der Waals surface area contributed by atoms with Gasteiger partial charge in [-0.3, -0.25) is 4.79 Å². The van der Waals surface area contributed by atoms with Crippen molar-refractivity contribution in [2.24, 2.45) is 0 Å². The zero-order valence-corrected chi connectivity index (χ0v) is 16.7. The summed E-state index contributed by atoms with van der Waals surface area (Å²) in [6.45, 7) is 5.43. The fourth-order valence-electron chi connectivity index (χ4n) is 2.64. The minimum absolute atomic E-state index is 0.0146. The van der Waals surface area contributed by atoms with E-state index in [0.717, 1.165) is 0 Å². The zero-order valence-electron chi connectivity index (χ0n) is 14.4. The van der Waals surface area contributed by atoms with Crippen molar-refractivity contribution < 1.29 is 9.53 Å². The molecule has 3 aromatic rings. The molecular formula is C18H16Cl3N3O2. The number of carbonyl (C=O) groups is 1. The average molecular weight is 413 g/mol. The molecule has 0 fully saturated rings. The van der Waals surface area contributed by atoms with Gasteiger partial charge < -0.3 is 9.30 Å². The second-order valence-corrected chi connectivity index (χ2v) is 7.86. The van der Waals surface area contributed by atoms with Gasteiger partial charge in [-0.1, -0.05) is 46.9 Å². The van der Waals surface area contributed by atoms with Crippen molar-refractivity contribution in [1.29, 1.82) is 0 Å². The minimum Gasteiger partial charge on any atom is -0.459 e. The van der Waals surface area contributed by atoms with Crippen LogP contribution in [0, 0.1) is 0 Å². The van der Waals surface area contributed by atoms with E-state index in [2.05, 4.69) is 9.97 Å². The van der Waals surface area contributed by atoms with Gasteiger partial charge in [-0.05, 0) is 26.8 Å². The smallest absolute Gasteiger partial charge is 0.326 e. The Bertz CT molecular complexity index is 993. The molecule has 26 heavy (non-hydrogen) atoms. The number of aromatic nitrogens is 3. The van der Waals surface area contributed by atoms with E-state index in [4.69, 9.17) is 39.5 Å². The summed E-state index contributed by atoms with van der Waals surface area (Å²) in [5.74, 6) is -0.382. The van der Waals surface area contributed by atoms with E-state index in [-0.39, 0.29) is 17.7 Å². The number of ether oxygens (including phenoxy) is 1. The summed E-state index contributed by atoms with van der Waals surface area (Å²) in [4.78, 5) is 20.6. The standard InChI is InChI=1S/C18H16Cl3N3O2/c1-18(2,3)26-13(25)8-24-7-11(10-5-4-6-12(19)15(10)20)14-16(21)22-9-23-17(14)24/h4-7,9H,8H2,1-3H3. The lowest BCUT2D eigenvalue weighted by atomic mass is 10.1. The summed E-state index contributed by atoms with van der Waals surface area (Å²) in [7, 11) is 0. The van der Waals surface area contributed by atoms with Crippen LogP contribution in [0.4, 0.5) is 0 Å². The third-order valence-electron chi connectivity index (χ3n) is 3.57. The molecule has 1 aromatic carbocycles. The van der Waals surface area contributed by atoms with E-state index in [0.29, 0.717) is 32.2 Å². The van der Waals surface area contributed by atoms with Gasteiger partial charge in [0, 0.05) is 17.3 Å². The van der Waals surface area contributed by atoms with Crippen LogP contribution in [-0.2, 0) is 16.1 Å². The first kappa shape index (κ1) is 19.0. The maximum absolute atomic E-state index is 12.3. The van der Waals surface area contributed by atoms with Crippen molar-refractivity contribution in [1.82, 2.24) is 14.5 Å². The number of fused-ring (bicyclic) bond motifs is 1. The molecule has 2 heterocycles. The highest BCUT2D eigenvalue weighted by atomic mass is 35.5. The topological polar surface area (TPSA) is 57.0 Å². The lowest BCUT2D eigenvalue weighted by Gasteiger charge is -2.19. The van der Waals surface area contributed by atoms with E-state index in [1.807, 2.05) is 26.8 Å². The van der Waals surface area contributed by atoms with Gasteiger partial charge in [0.15, 0.2) is 0 Å². The Kier molecular flexibility index (Phi) is 5.15. The molecule has 0 spiro atoms. The van der Waals surface area contributed by atoms with Crippen molar-refractivity contribution >= 4 is 51.8 Å². The van der Waals surface area contributed by atoms with E-state index in [9.17, 15) is 4.79 Å². The third kappa shape index (κ3) is 3.80. The number of hydrogen-bond donors (Lipinski definition) is 0. The van der Waals surface area contributed by atoms with E-state index in [1.165, 1.54) is 6.33 Å². The first-order valence-corrected chi connectivity index (χ1v) is 8.96. The van der Waals surface area contributed by atoms with Gasteiger partial charge in [-0.15, -0.1) is 0 Å². The minimum atomic E-state index is -0.578. The molecule has 0 aliphatic carbocycles. The Morgan fingerprint density at radius 1 is 1.15 bits per heavy atom. The van der Waals surface area contributed by atoms with E-state index < -0.39 is 5.60 Å².